The Labute approximate surface area is 253 Å². The normalized spacial score (nSPS) is 25.7. The van der Waals surface area contributed by atoms with E-state index in [-0.39, 0.29) is 42.5 Å². The number of hydrogen-bond donors (Lipinski definition) is 7. The van der Waals surface area contributed by atoms with Crippen molar-refractivity contribution in [1.82, 2.24) is 20.6 Å². The van der Waals surface area contributed by atoms with E-state index in [0.29, 0.717) is 25.7 Å². The van der Waals surface area contributed by atoms with E-state index in [1.807, 2.05) is 39.8 Å². The Morgan fingerprint density at radius 1 is 0.907 bits per heavy atom. The van der Waals surface area contributed by atoms with Crippen LogP contribution in [0.4, 0.5) is 0 Å². The number of hydrogen-bond acceptors (Lipinski definition) is 5. The van der Waals surface area contributed by atoms with Gasteiger partial charge in [-0.05, 0) is 79.9 Å². The van der Waals surface area contributed by atoms with Gasteiger partial charge in [0.25, 0.3) is 0 Å². The lowest BCUT2D eigenvalue weighted by molar-refractivity contribution is -0.138. The van der Waals surface area contributed by atoms with Crippen LogP contribution < -0.4 is 10.6 Å². The number of amides is 1. The lowest BCUT2D eigenvalue weighted by Crippen LogP contribution is -2.32. The molecule has 0 radical (unpaired) electrons. The number of carbonyl (C=O) groups is 3. The van der Waals surface area contributed by atoms with Crippen molar-refractivity contribution in [3.05, 3.63) is 62.4 Å². The van der Waals surface area contributed by atoms with Gasteiger partial charge in [0.1, 0.15) is 6.23 Å². The van der Waals surface area contributed by atoms with Gasteiger partial charge >= 0.3 is 11.9 Å². The molecule has 5 atom stereocenters. The van der Waals surface area contributed by atoms with Crippen LogP contribution in [0.5, 0.6) is 0 Å². The fraction of sp³-hybridized carbons (Fsp3) is 0.545. The number of rotatable bonds is 12. The van der Waals surface area contributed by atoms with Gasteiger partial charge in [-0.1, -0.05) is 26.8 Å². The van der Waals surface area contributed by atoms with Crippen LogP contribution in [0.1, 0.15) is 92.0 Å². The molecule has 43 heavy (non-hydrogen) atoms. The fourth-order valence-electron chi connectivity index (χ4n) is 6.92. The van der Waals surface area contributed by atoms with Crippen LogP contribution in [0.15, 0.2) is 17.3 Å². The maximum Gasteiger partial charge on any atom is 0.303 e. The van der Waals surface area contributed by atoms with Crippen LogP contribution in [0, 0.1) is 31.6 Å². The highest BCUT2D eigenvalue weighted by molar-refractivity contribution is 5.86. The molecule has 234 valence electrons. The highest BCUT2D eigenvalue weighted by atomic mass is 16.4. The van der Waals surface area contributed by atoms with Gasteiger partial charge in [0.05, 0.1) is 0 Å². The van der Waals surface area contributed by atoms with E-state index in [9.17, 15) is 29.7 Å². The number of aliphatic hydroxyl groups is 1. The first-order valence-corrected chi connectivity index (χ1v) is 15.3. The summed E-state index contributed by atoms with van der Waals surface area (Å²) in [5, 5.41) is 35.7. The molecular formula is C33H46N4O6. The van der Waals surface area contributed by atoms with Crippen LogP contribution in [0.3, 0.4) is 0 Å². The van der Waals surface area contributed by atoms with Crippen LogP contribution in [-0.2, 0) is 40.1 Å². The van der Waals surface area contributed by atoms with Gasteiger partial charge in [0.2, 0.25) is 5.91 Å². The topological polar surface area (TPSA) is 168 Å². The molecule has 0 aromatic carbocycles. The van der Waals surface area contributed by atoms with Crippen LogP contribution in [-0.4, -0.2) is 55.4 Å². The molecule has 10 nitrogen and oxygen atoms in total. The molecule has 2 aliphatic rings. The minimum Gasteiger partial charge on any atom is -0.481 e. The van der Waals surface area contributed by atoms with E-state index < -0.39 is 18.2 Å². The number of nitrogens with one attached hydrogen (secondary N) is 4. The molecule has 2 aromatic rings. The quantitative estimate of drug-likeness (QED) is 0.181. The summed E-state index contributed by atoms with van der Waals surface area (Å²) in [6, 6.07) is 0.0198. The average Bonchev–Trinajstić information content (AvgIpc) is 3.59. The number of aliphatic carboxylic acids is 2. The summed E-state index contributed by atoms with van der Waals surface area (Å²) in [5.41, 5.74) is 9.27. The summed E-state index contributed by atoms with van der Waals surface area (Å²) < 4.78 is 0. The zero-order valence-corrected chi connectivity index (χ0v) is 26.1. The Hall–Kier alpha value is -3.63. The molecule has 0 saturated carbocycles. The Morgan fingerprint density at radius 2 is 1.51 bits per heavy atom. The van der Waals surface area contributed by atoms with E-state index in [0.717, 1.165) is 62.7 Å². The van der Waals surface area contributed by atoms with E-state index in [4.69, 9.17) is 0 Å². The summed E-state index contributed by atoms with van der Waals surface area (Å²) in [6.45, 7) is 12.0. The van der Waals surface area contributed by atoms with Crippen molar-refractivity contribution in [2.75, 3.05) is 0 Å². The second-order valence-electron chi connectivity index (χ2n) is 12.1. The van der Waals surface area contributed by atoms with Crippen molar-refractivity contribution in [3.63, 3.8) is 0 Å². The lowest BCUT2D eigenvalue weighted by atomic mass is 9.92. The van der Waals surface area contributed by atoms with Crippen molar-refractivity contribution in [3.8, 4) is 0 Å². The number of aromatic nitrogens is 2. The van der Waals surface area contributed by atoms with Gasteiger partial charge in [-0.3, -0.25) is 19.7 Å². The predicted molar refractivity (Wildman–Crippen MR) is 164 cm³/mol. The smallest absolute Gasteiger partial charge is 0.303 e. The third kappa shape index (κ3) is 6.80. The molecule has 0 bridgehead atoms. The standard InChI is InChI=1S/C33H46N4O6/c1-7-20-19(6)32(42)37-27(20)14-25-18(5)23(10-12-31(40)41)29(35-25)15-28-22(9-11-30(38)39)17(4)24(34-28)13-26-16(3)21(8-2)33(43)36-26/h8,14,16,19-20,26,33-36,43H,7,9-13,15H2,1-6H3,(H,37,42)(H,38,39)(H,40,41)/b21-8-,27-14-/t16?,19-,20-,26-,33?/m1/s1. The summed E-state index contributed by atoms with van der Waals surface area (Å²) in [6.07, 6.45) is 5.85. The van der Waals surface area contributed by atoms with Gasteiger partial charge in [-0.25, -0.2) is 0 Å². The van der Waals surface area contributed by atoms with Gasteiger partial charge in [-0.2, -0.15) is 0 Å². The summed E-state index contributed by atoms with van der Waals surface area (Å²) in [5.74, 6) is -1.63. The first-order valence-electron chi connectivity index (χ1n) is 15.3. The van der Waals surface area contributed by atoms with Gasteiger partial charge < -0.3 is 30.6 Å². The van der Waals surface area contributed by atoms with E-state index in [1.54, 1.807) is 0 Å². The Balaban J connectivity index is 1.72. The second-order valence-corrected chi connectivity index (χ2v) is 12.1. The fourth-order valence-corrected chi connectivity index (χ4v) is 6.92. The monoisotopic (exact) mass is 594 g/mol. The minimum absolute atomic E-state index is 0.00577. The van der Waals surface area contributed by atoms with Crippen LogP contribution >= 0.6 is 0 Å². The summed E-state index contributed by atoms with van der Waals surface area (Å²) >= 11 is 0. The molecule has 10 heteroatoms. The number of H-pyrrole nitrogens is 2. The molecule has 2 unspecified atom stereocenters. The third-order valence-electron chi connectivity index (χ3n) is 9.61. The molecular weight excluding hydrogens is 548 g/mol. The number of aromatic amines is 2. The number of carboxylic acids is 2. The van der Waals surface area contributed by atoms with E-state index in [1.165, 1.54) is 0 Å². The van der Waals surface area contributed by atoms with E-state index >= 15 is 0 Å². The zero-order chi connectivity index (χ0) is 31.6. The van der Waals surface area contributed by atoms with E-state index in [2.05, 4.69) is 34.4 Å². The van der Waals surface area contributed by atoms with Crippen molar-refractivity contribution in [1.29, 1.82) is 0 Å². The highest BCUT2D eigenvalue weighted by Crippen LogP contribution is 2.34. The molecule has 4 rings (SSSR count). The number of aliphatic hydroxyl groups excluding tert-OH is 1. The number of carboxylic acid groups (broad SMARTS) is 2. The zero-order valence-electron chi connectivity index (χ0n) is 26.1. The van der Waals surface area contributed by atoms with Crippen LogP contribution in [0.25, 0.3) is 6.08 Å². The molecule has 2 aromatic heterocycles. The first-order chi connectivity index (χ1) is 20.4. The molecule has 2 fully saturated rings. The third-order valence-corrected chi connectivity index (χ3v) is 9.61. The molecule has 7 N–H and O–H groups in total. The number of allylic oxidation sites excluding steroid dienone is 2. The SMILES string of the molecule is C/C=C1\C(O)N[C@H](Cc2[nH]c(Cc3[nH]c(/C=C4\NC(=O)[C@H](C)[C@H]4CC)c(C)c3CCC(=O)O)c(CCC(=O)O)c2C)C1C. The average molecular weight is 595 g/mol. The Bertz CT molecular complexity index is 1450. The lowest BCUT2D eigenvalue weighted by Gasteiger charge is -2.15. The van der Waals surface area contributed by atoms with Gasteiger partial charge in [0.15, 0.2) is 0 Å². The van der Waals surface area contributed by atoms with Crippen molar-refractivity contribution < 1.29 is 29.7 Å². The predicted octanol–water partition coefficient (Wildman–Crippen LogP) is 4.13. The minimum atomic E-state index is -0.879. The molecule has 0 aliphatic carbocycles. The molecule has 1 amide bonds. The highest BCUT2D eigenvalue weighted by Gasteiger charge is 2.35. The number of carbonyl (C=O) groups excluding carboxylic acids is 1. The maximum atomic E-state index is 12.4. The van der Waals surface area contributed by atoms with Gasteiger partial charge in [0, 0.05) is 72.0 Å². The summed E-state index contributed by atoms with van der Waals surface area (Å²) in [4.78, 5) is 42.6. The molecule has 2 saturated heterocycles. The van der Waals surface area contributed by atoms with Gasteiger partial charge in [-0.15, -0.1) is 0 Å². The summed E-state index contributed by atoms with van der Waals surface area (Å²) in [7, 11) is 0. The Morgan fingerprint density at radius 3 is 2.07 bits per heavy atom. The molecule has 4 heterocycles. The molecule has 0 spiro atoms. The maximum absolute atomic E-state index is 12.4. The van der Waals surface area contributed by atoms with Crippen molar-refractivity contribution in [2.24, 2.45) is 17.8 Å². The first kappa shape index (κ1) is 32.3. The van der Waals surface area contributed by atoms with Crippen molar-refractivity contribution >= 4 is 23.9 Å². The van der Waals surface area contributed by atoms with Crippen LogP contribution in [0.2, 0.25) is 0 Å². The Kier molecular flexibility index (Phi) is 10.0. The molecule has 2 aliphatic heterocycles. The largest absolute Gasteiger partial charge is 0.481 e. The second kappa shape index (κ2) is 13.3. The van der Waals surface area contributed by atoms with Crippen molar-refractivity contribution in [2.45, 2.75) is 98.8 Å².